The van der Waals surface area contributed by atoms with Gasteiger partial charge in [-0.15, -0.1) is 0 Å². The van der Waals surface area contributed by atoms with Crippen molar-refractivity contribution in [2.75, 3.05) is 25.1 Å². The van der Waals surface area contributed by atoms with E-state index in [-0.39, 0.29) is 24.7 Å². The van der Waals surface area contributed by atoms with E-state index in [9.17, 15) is 29.1 Å². The molecule has 0 fully saturated rings. The maximum absolute atomic E-state index is 13.3. The standard InChI is InChI=1S/C30H41N5O7S/c1-19(2)42-30(41)24(13-14-43-3)35-29(40)25(16-20-7-5-4-6-8-20)34-27(38)18-32-26(37)17-33-28(39)23(31)15-21-9-11-22(36)12-10-21/h4-12,19,23-25,36H,13-18,31H2,1-3H3,(H,32,37)(H,33,39)(H,34,38)(H,35,40). The lowest BCUT2D eigenvalue weighted by molar-refractivity contribution is -0.151. The summed E-state index contributed by atoms with van der Waals surface area (Å²) in [6, 6.07) is 12.5. The summed E-state index contributed by atoms with van der Waals surface area (Å²) in [4.78, 5) is 63.2. The first-order valence-corrected chi connectivity index (χ1v) is 15.3. The number of aromatic hydroxyl groups is 1. The van der Waals surface area contributed by atoms with Crippen LogP contribution in [0.4, 0.5) is 0 Å². The van der Waals surface area contributed by atoms with Crippen molar-refractivity contribution < 1.29 is 33.8 Å². The second-order valence-electron chi connectivity index (χ2n) is 10.1. The van der Waals surface area contributed by atoms with Crippen molar-refractivity contribution in [2.24, 2.45) is 5.73 Å². The summed E-state index contributed by atoms with van der Waals surface area (Å²) >= 11 is 1.52. The molecule has 0 bridgehead atoms. The van der Waals surface area contributed by atoms with Gasteiger partial charge in [-0.2, -0.15) is 11.8 Å². The largest absolute Gasteiger partial charge is 0.508 e. The molecule has 0 saturated carbocycles. The molecule has 0 heterocycles. The number of nitrogens with two attached hydrogens (primary N) is 1. The Hall–Kier alpha value is -4.10. The lowest BCUT2D eigenvalue weighted by Crippen LogP contribution is -2.54. The maximum atomic E-state index is 13.3. The average Bonchev–Trinajstić information content (AvgIpc) is 2.97. The number of phenolic OH excluding ortho intramolecular Hbond substituents is 1. The highest BCUT2D eigenvalue weighted by Crippen LogP contribution is 2.11. The number of phenols is 1. The Bertz CT molecular complexity index is 1210. The number of carbonyl (C=O) groups excluding carboxylic acids is 5. The number of rotatable bonds is 17. The molecule has 2 rings (SSSR count). The van der Waals surface area contributed by atoms with Gasteiger partial charge in [0.25, 0.3) is 0 Å². The van der Waals surface area contributed by atoms with E-state index in [1.54, 1.807) is 38.1 Å². The van der Waals surface area contributed by atoms with Gasteiger partial charge in [-0.25, -0.2) is 4.79 Å². The summed E-state index contributed by atoms with van der Waals surface area (Å²) in [7, 11) is 0. The van der Waals surface area contributed by atoms with E-state index in [4.69, 9.17) is 10.5 Å². The second-order valence-corrected chi connectivity index (χ2v) is 11.1. The molecule has 13 heteroatoms. The van der Waals surface area contributed by atoms with Crippen molar-refractivity contribution in [2.45, 2.75) is 57.3 Å². The van der Waals surface area contributed by atoms with Crippen LogP contribution in [0, 0.1) is 0 Å². The molecule has 234 valence electrons. The molecule has 0 aliphatic rings. The predicted molar refractivity (Wildman–Crippen MR) is 164 cm³/mol. The topological polar surface area (TPSA) is 189 Å². The molecule has 0 aliphatic heterocycles. The Labute approximate surface area is 255 Å². The minimum Gasteiger partial charge on any atom is -0.508 e. The zero-order valence-electron chi connectivity index (χ0n) is 24.6. The first kappa shape index (κ1) is 35.1. The minimum atomic E-state index is -1.03. The number of carbonyl (C=O) groups is 5. The monoisotopic (exact) mass is 615 g/mol. The van der Waals surface area contributed by atoms with Gasteiger partial charge in [0, 0.05) is 6.42 Å². The van der Waals surface area contributed by atoms with Crippen molar-refractivity contribution >= 4 is 41.4 Å². The van der Waals surface area contributed by atoms with Gasteiger partial charge in [0.05, 0.1) is 25.2 Å². The third-order valence-corrected chi connectivity index (χ3v) is 6.74. The Morgan fingerprint density at radius 3 is 2.07 bits per heavy atom. The van der Waals surface area contributed by atoms with Crippen LogP contribution in [-0.2, 0) is 41.6 Å². The lowest BCUT2D eigenvalue weighted by atomic mass is 10.0. The van der Waals surface area contributed by atoms with Gasteiger partial charge in [-0.05, 0) is 62.0 Å². The third-order valence-electron chi connectivity index (χ3n) is 6.10. The highest BCUT2D eigenvalue weighted by molar-refractivity contribution is 7.98. The smallest absolute Gasteiger partial charge is 0.328 e. The van der Waals surface area contributed by atoms with Crippen LogP contribution in [0.5, 0.6) is 5.75 Å². The molecule has 3 atom stereocenters. The first-order valence-electron chi connectivity index (χ1n) is 13.9. The summed E-state index contributed by atoms with van der Waals surface area (Å²) < 4.78 is 5.30. The van der Waals surface area contributed by atoms with Crippen molar-refractivity contribution in [3.8, 4) is 5.75 Å². The zero-order chi connectivity index (χ0) is 31.8. The average molecular weight is 616 g/mol. The van der Waals surface area contributed by atoms with Crippen molar-refractivity contribution in [3.05, 3.63) is 65.7 Å². The van der Waals surface area contributed by atoms with Crippen LogP contribution in [0.25, 0.3) is 0 Å². The Kier molecular flexibility index (Phi) is 15.1. The van der Waals surface area contributed by atoms with Crippen LogP contribution in [0.2, 0.25) is 0 Å². The molecule has 43 heavy (non-hydrogen) atoms. The summed E-state index contributed by atoms with van der Waals surface area (Å²) in [6.07, 6.45) is 2.23. The quantitative estimate of drug-likeness (QED) is 0.137. The summed E-state index contributed by atoms with van der Waals surface area (Å²) in [5.41, 5.74) is 7.43. The van der Waals surface area contributed by atoms with Crippen LogP contribution in [0.15, 0.2) is 54.6 Å². The van der Waals surface area contributed by atoms with E-state index in [0.29, 0.717) is 12.2 Å². The van der Waals surface area contributed by atoms with Crippen LogP contribution < -0.4 is 27.0 Å². The van der Waals surface area contributed by atoms with Gasteiger partial charge in [-0.1, -0.05) is 42.5 Å². The molecule has 0 radical (unpaired) electrons. The fourth-order valence-corrected chi connectivity index (χ4v) is 4.37. The molecule has 0 saturated heterocycles. The van der Waals surface area contributed by atoms with E-state index in [2.05, 4.69) is 21.3 Å². The van der Waals surface area contributed by atoms with Gasteiger partial charge in [-0.3, -0.25) is 19.2 Å². The fourth-order valence-electron chi connectivity index (χ4n) is 3.89. The highest BCUT2D eigenvalue weighted by Gasteiger charge is 2.28. The molecule has 3 unspecified atom stereocenters. The van der Waals surface area contributed by atoms with E-state index in [0.717, 1.165) is 11.1 Å². The number of amides is 4. The zero-order valence-corrected chi connectivity index (χ0v) is 25.4. The summed E-state index contributed by atoms with van der Waals surface area (Å²) in [5, 5.41) is 19.5. The molecule has 2 aromatic rings. The van der Waals surface area contributed by atoms with Crippen molar-refractivity contribution in [1.29, 1.82) is 0 Å². The number of esters is 1. The van der Waals surface area contributed by atoms with Gasteiger partial charge < -0.3 is 36.8 Å². The molecular weight excluding hydrogens is 574 g/mol. The summed E-state index contributed by atoms with van der Waals surface area (Å²) in [6.45, 7) is 2.59. The first-order chi connectivity index (χ1) is 20.5. The van der Waals surface area contributed by atoms with E-state index in [1.165, 1.54) is 23.9 Å². The highest BCUT2D eigenvalue weighted by atomic mass is 32.2. The molecule has 0 aromatic heterocycles. The molecule has 0 spiro atoms. The number of hydrogen-bond donors (Lipinski definition) is 6. The number of hydrogen-bond acceptors (Lipinski definition) is 9. The fraction of sp³-hybridized carbons (Fsp3) is 0.433. The van der Waals surface area contributed by atoms with Gasteiger partial charge in [0.1, 0.15) is 17.8 Å². The van der Waals surface area contributed by atoms with Crippen LogP contribution in [-0.4, -0.2) is 84.0 Å². The van der Waals surface area contributed by atoms with Crippen LogP contribution >= 0.6 is 11.8 Å². The molecule has 2 aromatic carbocycles. The Morgan fingerprint density at radius 2 is 1.44 bits per heavy atom. The number of nitrogens with one attached hydrogen (secondary N) is 4. The molecule has 7 N–H and O–H groups in total. The van der Waals surface area contributed by atoms with E-state index >= 15 is 0 Å². The van der Waals surface area contributed by atoms with Gasteiger partial charge >= 0.3 is 5.97 Å². The van der Waals surface area contributed by atoms with Gasteiger partial charge in [0.2, 0.25) is 23.6 Å². The van der Waals surface area contributed by atoms with Crippen LogP contribution in [0.3, 0.4) is 0 Å². The molecule has 0 aliphatic carbocycles. The molecule has 12 nitrogen and oxygen atoms in total. The predicted octanol–water partition coefficient (Wildman–Crippen LogP) is 0.411. The van der Waals surface area contributed by atoms with E-state index < -0.39 is 60.8 Å². The number of thioether (sulfide) groups is 1. The Balaban J connectivity index is 1.93. The van der Waals surface area contributed by atoms with Crippen molar-refractivity contribution in [3.63, 3.8) is 0 Å². The lowest BCUT2D eigenvalue weighted by Gasteiger charge is -2.23. The van der Waals surface area contributed by atoms with Crippen LogP contribution in [0.1, 0.15) is 31.4 Å². The van der Waals surface area contributed by atoms with E-state index in [1.807, 2.05) is 24.5 Å². The molecule has 4 amide bonds. The maximum Gasteiger partial charge on any atom is 0.328 e. The minimum absolute atomic E-state index is 0.0937. The summed E-state index contributed by atoms with van der Waals surface area (Å²) in [5.74, 6) is -2.24. The normalized spacial score (nSPS) is 12.9. The third kappa shape index (κ3) is 13.6. The van der Waals surface area contributed by atoms with Crippen molar-refractivity contribution in [1.82, 2.24) is 21.3 Å². The Morgan fingerprint density at radius 1 is 0.814 bits per heavy atom. The number of benzene rings is 2. The second kappa shape index (κ2) is 18.4. The SMILES string of the molecule is CSCCC(NC(=O)C(Cc1ccccc1)NC(=O)CNC(=O)CNC(=O)C(N)Cc1ccc(O)cc1)C(=O)OC(C)C. The number of ether oxygens (including phenoxy) is 1. The van der Waals surface area contributed by atoms with Gasteiger partial charge in [0.15, 0.2) is 0 Å². The molecular formula is C30H41N5O7S.